The fourth-order valence-corrected chi connectivity index (χ4v) is 4.74. The molecule has 27 heavy (non-hydrogen) atoms. The molecule has 1 aliphatic heterocycles. The first-order chi connectivity index (χ1) is 13.1. The summed E-state index contributed by atoms with van der Waals surface area (Å²) in [6, 6.07) is 22.9. The number of anilines is 1. The molecule has 0 spiro atoms. The van der Waals surface area contributed by atoms with E-state index in [1.807, 2.05) is 66.7 Å². The Balaban J connectivity index is 1.76. The van der Waals surface area contributed by atoms with Crippen LogP contribution in [0.4, 0.5) is 5.82 Å². The molecule has 1 aromatic heterocycles. The molecule has 4 nitrogen and oxygen atoms in total. The molecule has 0 radical (unpaired) electrons. The van der Waals surface area contributed by atoms with Crippen molar-refractivity contribution in [3.05, 3.63) is 106 Å². The number of nitrogens with one attached hydrogen (secondary N) is 1. The minimum atomic E-state index is -3.07. The van der Waals surface area contributed by atoms with Crippen molar-refractivity contribution in [3.8, 4) is 0 Å². The maximum absolute atomic E-state index is 13.7. The van der Waals surface area contributed by atoms with E-state index in [4.69, 9.17) is 4.74 Å². The largest absolute Gasteiger partial charge is 0.456 e. The normalized spacial score (nSPS) is 15.3. The van der Waals surface area contributed by atoms with Crippen LogP contribution in [0, 0.1) is 0 Å². The zero-order valence-electron chi connectivity index (χ0n) is 14.2. The van der Waals surface area contributed by atoms with E-state index in [1.165, 1.54) is 0 Å². The van der Waals surface area contributed by atoms with Gasteiger partial charge < -0.3 is 9.82 Å². The predicted molar refractivity (Wildman–Crippen MR) is 113 cm³/mol. The fourth-order valence-electron chi connectivity index (χ4n) is 2.71. The molecule has 134 valence electrons. The van der Waals surface area contributed by atoms with Crippen molar-refractivity contribution in [3.63, 3.8) is 0 Å². The SMILES string of the molecule is O=P1(Nc2ccc(Br)cn2)C=C(c2ccccc2)OC(c2ccccc2)=C1. The van der Waals surface area contributed by atoms with Crippen molar-refractivity contribution < 1.29 is 9.30 Å². The molecular formula is C21H16BrN2O2P. The number of benzene rings is 2. The second kappa shape index (κ2) is 7.55. The van der Waals surface area contributed by atoms with Gasteiger partial charge in [0.2, 0.25) is 7.29 Å². The Morgan fingerprint density at radius 3 is 1.85 bits per heavy atom. The second-order valence-electron chi connectivity index (χ2n) is 6.00. The van der Waals surface area contributed by atoms with Crippen molar-refractivity contribution >= 4 is 40.6 Å². The van der Waals surface area contributed by atoms with Gasteiger partial charge in [0.25, 0.3) is 0 Å². The number of pyridine rings is 1. The first-order valence-electron chi connectivity index (χ1n) is 8.35. The molecule has 2 aromatic carbocycles. The van der Waals surface area contributed by atoms with Crippen LogP contribution in [-0.4, -0.2) is 4.98 Å². The summed E-state index contributed by atoms with van der Waals surface area (Å²) in [5, 5.41) is 3.07. The van der Waals surface area contributed by atoms with Crippen LogP contribution in [0.15, 0.2) is 95.1 Å². The maximum Gasteiger partial charge on any atom is 0.221 e. The molecular weight excluding hydrogens is 423 g/mol. The van der Waals surface area contributed by atoms with Gasteiger partial charge in [-0.1, -0.05) is 60.7 Å². The van der Waals surface area contributed by atoms with Gasteiger partial charge in [0, 0.05) is 33.4 Å². The molecule has 1 aliphatic rings. The Labute approximate surface area is 166 Å². The van der Waals surface area contributed by atoms with Crippen LogP contribution in [0.25, 0.3) is 11.5 Å². The molecule has 4 rings (SSSR count). The zero-order chi connectivity index (χ0) is 18.7. The number of rotatable bonds is 4. The Bertz CT molecular complexity index is 989. The molecule has 0 fully saturated rings. The van der Waals surface area contributed by atoms with Crippen LogP contribution in [0.2, 0.25) is 0 Å². The molecule has 0 bridgehead atoms. The summed E-state index contributed by atoms with van der Waals surface area (Å²) in [4.78, 5) is 4.28. The third kappa shape index (κ3) is 4.21. The van der Waals surface area contributed by atoms with Gasteiger partial charge in [-0.05, 0) is 28.1 Å². The smallest absolute Gasteiger partial charge is 0.221 e. The van der Waals surface area contributed by atoms with E-state index in [2.05, 4.69) is 26.0 Å². The molecule has 0 aliphatic carbocycles. The van der Waals surface area contributed by atoms with Crippen LogP contribution >= 0.6 is 23.2 Å². The van der Waals surface area contributed by atoms with Crippen molar-refractivity contribution in [2.24, 2.45) is 0 Å². The summed E-state index contributed by atoms with van der Waals surface area (Å²) in [5.74, 6) is 4.96. The molecule has 3 aromatic rings. The van der Waals surface area contributed by atoms with Gasteiger partial charge in [-0.3, -0.25) is 4.57 Å². The van der Waals surface area contributed by atoms with Gasteiger partial charge in [-0.25, -0.2) is 4.98 Å². The number of nitrogens with zero attached hydrogens (tertiary/aromatic N) is 1. The summed E-state index contributed by atoms with van der Waals surface area (Å²) in [6.07, 6.45) is 1.67. The minimum Gasteiger partial charge on any atom is -0.456 e. The van der Waals surface area contributed by atoms with Crippen LogP contribution in [0.3, 0.4) is 0 Å². The standard InChI is InChI=1S/C21H16BrN2O2P/c22-18-11-12-21(23-13-18)24-27(25)14-19(16-7-3-1-4-8-16)26-20(15-27)17-9-5-2-6-10-17/h1-15H,(H,23,24,25). The topological polar surface area (TPSA) is 51.2 Å². The molecule has 0 atom stereocenters. The van der Waals surface area contributed by atoms with Gasteiger partial charge in [0.05, 0.1) is 0 Å². The summed E-state index contributed by atoms with van der Waals surface area (Å²) in [7, 11) is -3.07. The molecule has 0 saturated carbocycles. The van der Waals surface area contributed by atoms with Crippen molar-refractivity contribution in [2.75, 3.05) is 5.09 Å². The Morgan fingerprint density at radius 2 is 1.37 bits per heavy atom. The van der Waals surface area contributed by atoms with Crippen LogP contribution < -0.4 is 5.09 Å². The minimum absolute atomic E-state index is 0.538. The van der Waals surface area contributed by atoms with Crippen molar-refractivity contribution in [1.29, 1.82) is 0 Å². The monoisotopic (exact) mass is 438 g/mol. The van der Waals surface area contributed by atoms with Gasteiger partial charge in [0.15, 0.2) is 0 Å². The second-order valence-corrected chi connectivity index (χ2v) is 9.08. The third-order valence-electron chi connectivity index (χ3n) is 3.97. The highest BCUT2D eigenvalue weighted by atomic mass is 79.9. The Hall–Kier alpha value is -2.62. The molecule has 0 unspecified atom stereocenters. The molecule has 6 heteroatoms. The van der Waals surface area contributed by atoms with Gasteiger partial charge in [-0.15, -0.1) is 0 Å². The Kier molecular flexibility index (Phi) is 4.97. The summed E-state index contributed by atoms with van der Waals surface area (Å²) in [5.41, 5.74) is 1.73. The quantitative estimate of drug-likeness (QED) is 0.468. The highest BCUT2D eigenvalue weighted by Gasteiger charge is 2.27. The predicted octanol–water partition coefficient (Wildman–Crippen LogP) is 6.56. The first-order valence-corrected chi connectivity index (χ1v) is 11.0. The lowest BCUT2D eigenvalue weighted by atomic mass is 10.2. The lowest BCUT2D eigenvalue weighted by molar-refractivity contribution is 0.469. The number of halogens is 1. The van der Waals surface area contributed by atoms with Gasteiger partial charge in [-0.2, -0.15) is 0 Å². The van der Waals surface area contributed by atoms with Crippen molar-refractivity contribution in [1.82, 2.24) is 4.98 Å². The summed E-state index contributed by atoms with van der Waals surface area (Å²) < 4.78 is 20.6. The van der Waals surface area contributed by atoms with Crippen molar-refractivity contribution in [2.45, 2.75) is 0 Å². The summed E-state index contributed by atoms with van der Waals surface area (Å²) in [6.45, 7) is 0. The van der Waals surface area contributed by atoms with Crippen LogP contribution in [-0.2, 0) is 9.30 Å². The van der Waals surface area contributed by atoms with E-state index in [0.717, 1.165) is 15.6 Å². The van der Waals surface area contributed by atoms with Crippen LogP contribution in [0.5, 0.6) is 0 Å². The first kappa shape index (κ1) is 17.8. The molecule has 0 saturated heterocycles. The van der Waals surface area contributed by atoms with Gasteiger partial charge in [0.1, 0.15) is 17.3 Å². The fraction of sp³-hybridized carbons (Fsp3) is 0. The Morgan fingerprint density at radius 1 is 0.815 bits per heavy atom. The van der Waals surface area contributed by atoms with E-state index >= 15 is 0 Å². The lowest BCUT2D eigenvalue weighted by Crippen LogP contribution is -2.03. The lowest BCUT2D eigenvalue weighted by Gasteiger charge is -2.23. The molecule has 0 amide bonds. The van der Waals surface area contributed by atoms with E-state index in [0.29, 0.717) is 17.3 Å². The highest BCUT2D eigenvalue weighted by Crippen LogP contribution is 2.55. The number of hydrogen-bond donors (Lipinski definition) is 1. The number of ether oxygens (including phenoxy) is 1. The maximum atomic E-state index is 13.7. The van der Waals surface area contributed by atoms with E-state index in [9.17, 15) is 4.57 Å². The number of hydrogen-bond acceptors (Lipinski definition) is 3. The zero-order valence-corrected chi connectivity index (χ0v) is 16.7. The van der Waals surface area contributed by atoms with E-state index in [1.54, 1.807) is 23.9 Å². The number of aromatic nitrogens is 1. The summed E-state index contributed by atoms with van der Waals surface area (Å²) >= 11 is 3.36. The highest BCUT2D eigenvalue weighted by molar-refractivity contribution is 9.10. The average Bonchev–Trinajstić information content (AvgIpc) is 2.70. The average molecular weight is 439 g/mol. The third-order valence-corrected chi connectivity index (χ3v) is 6.26. The van der Waals surface area contributed by atoms with Crippen LogP contribution in [0.1, 0.15) is 11.1 Å². The van der Waals surface area contributed by atoms with E-state index in [-0.39, 0.29) is 0 Å². The van der Waals surface area contributed by atoms with Gasteiger partial charge >= 0.3 is 0 Å². The molecule has 2 heterocycles. The van der Waals surface area contributed by atoms with E-state index < -0.39 is 7.29 Å². The molecule has 1 N–H and O–H groups in total.